The van der Waals surface area contributed by atoms with Crippen LogP contribution < -0.4 is 13.4 Å². The molecule has 0 N–H and O–H groups in total. The Kier molecular flexibility index (Phi) is 4.57. The van der Waals surface area contributed by atoms with Crippen molar-refractivity contribution in [2.24, 2.45) is 0 Å². The summed E-state index contributed by atoms with van der Waals surface area (Å²) in [5, 5.41) is 7.84. The standard InChI is InChI=1S/C30H21Se/c1-4-10-25-19-28(16-13-22(25)7-1)31(29-17-14-23-8-2-5-11-26(23)20-29)30-18-15-24-9-3-6-12-27(24)21-30/h1-21H. The molecular formula is C30H21Se. The van der Waals surface area contributed by atoms with E-state index < -0.39 is 13.9 Å². The fourth-order valence-electron chi connectivity index (χ4n) is 4.29. The predicted octanol–water partition coefficient (Wildman–Crippen LogP) is 5.66. The van der Waals surface area contributed by atoms with E-state index in [1.54, 1.807) is 0 Å². The molecule has 0 aliphatic carbocycles. The van der Waals surface area contributed by atoms with E-state index in [0.29, 0.717) is 0 Å². The van der Waals surface area contributed by atoms with Gasteiger partial charge in [-0.15, -0.1) is 0 Å². The summed E-state index contributed by atoms with van der Waals surface area (Å²) in [6.07, 6.45) is 0. The van der Waals surface area contributed by atoms with Crippen molar-refractivity contribution in [3.8, 4) is 0 Å². The predicted molar refractivity (Wildman–Crippen MR) is 136 cm³/mol. The van der Waals surface area contributed by atoms with E-state index in [1.165, 1.54) is 45.7 Å². The molecule has 0 aliphatic heterocycles. The Bertz CT molecular complexity index is 1360. The molecule has 0 aliphatic rings. The van der Waals surface area contributed by atoms with E-state index in [-0.39, 0.29) is 0 Å². The summed E-state index contributed by atoms with van der Waals surface area (Å²) in [5.74, 6) is 0. The van der Waals surface area contributed by atoms with Crippen LogP contribution in [0.2, 0.25) is 0 Å². The maximum absolute atomic E-state index is 2.41. The number of hydrogen-bond donors (Lipinski definition) is 0. The minimum atomic E-state index is -1.45. The summed E-state index contributed by atoms with van der Waals surface area (Å²) in [6.45, 7) is 0. The number of fused-ring (bicyclic) bond motifs is 3. The molecule has 6 rings (SSSR count). The van der Waals surface area contributed by atoms with Gasteiger partial charge in [0.25, 0.3) is 0 Å². The van der Waals surface area contributed by atoms with Crippen LogP contribution in [0.25, 0.3) is 32.3 Å². The van der Waals surface area contributed by atoms with Crippen LogP contribution in [0, 0.1) is 0 Å². The average molecular weight is 460 g/mol. The first-order valence-corrected chi connectivity index (χ1v) is 13.1. The third-order valence-electron chi connectivity index (χ3n) is 5.87. The molecule has 0 saturated heterocycles. The Hall–Kier alpha value is -3.38. The van der Waals surface area contributed by atoms with Crippen molar-refractivity contribution >= 4 is 59.6 Å². The van der Waals surface area contributed by atoms with Crippen LogP contribution in [0.3, 0.4) is 0 Å². The van der Waals surface area contributed by atoms with Crippen LogP contribution in [0.5, 0.6) is 0 Å². The van der Waals surface area contributed by atoms with E-state index in [1.807, 2.05) is 0 Å². The van der Waals surface area contributed by atoms with Crippen molar-refractivity contribution in [2.75, 3.05) is 0 Å². The van der Waals surface area contributed by atoms with Gasteiger partial charge < -0.3 is 0 Å². The second kappa shape index (κ2) is 7.70. The summed E-state index contributed by atoms with van der Waals surface area (Å²) in [6, 6.07) is 47.1. The summed E-state index contributed by atoms with van der Waals surface area (Å²) >= 11 is -1.45. The Balaban J connectivity index is 1.59. The first-order valence-electron chi connectivity index (χ1n) is 10.6. The average Bonchev–Trinajstić information content (AvgIpc) is 2.84. The molecule has 0 nitrogen and oxygen atoms in total. The maximum atomic E-state index is 2.41. The van der Waals surface area contributed by atoms with Crippen LogP contribution in [-0.2, 0) is 0 Å². The zero-order chi connectivity index (χ0) is 20.6. The summed E-state index contributed by atoms with van der Waals surface area (Å²) in [5.41, 5.74) is 0. The fourth-order valence-corrected chi connectivity index (χ4v) is 8.83. The first kappa shape index (κ1) is 18.4. The van der Waals surface area contributed by atoms with Crippen molar-refractivity contribution in [2.45, 2.75) is 0 Å². The van der Waals surface area contributed by atoms with Crippen LogP contribution in [-0.4, -0.2) is 13.9 Å². The Labute approximate surface area is 186 Å². The fraction of sp³-hybridized carbons (Fsp3) is 0. The van der Waals surface area contributed by atoms with Crippen LogP contribution in [0.1, 0.15) is 0 Å². The van der Waals surface area contributed by atoms with Crippen LogP contribution >= 0.6 is 0 Å². The van der Waals surface area contributed by atoms with Gasteiger partial charge in [-0.1, -0.05) is 0 Å². The van der Waals surface area contributed by atoms with Crippen molar-refractivity contribution in [1.29, 1.82) is 0 Å². The van der Waals surface area contributed by atoms with Crippen molar-refractivity contribution in [3.05, 3.63) is 127 Å². The molecule has 0 amide bonds. The normalized spacial score (nSPS) is 11.5. The molecule has 147 valence electrons. The number of benzene rings is 6. The van der Waals surface area contributed by atoms with Crippen molar-refractivity contribution in [1.82, 2.24) is 0 Å². The van der Waals surface area contributed by atoms with Gasteiger partial charge in [-0.05, 0) is 0 Å². The van der Waals surface area contributed by atoms with Gasteiger partial charge >= 0.3 is 187 Å². The molecule has 1 heteroatoms. The van der Waals surface area contributed by atoms with E-state index >= 15 is 0 Å². The molecule has 0 saturated carbocycles. The molecule has 6 aromatic rings. The van der Waals surface area contributed by atoms with Crippen molar-refractivity contribution < 1.29 is 0 Å². The van der Waals surface area contributed by atoms with Crippen LogP contribution in [0.4, 0.5) is 0 Å². The van der Waals surface area contributed by atoms with Crippen molar-refractivity contribution in [3.63, 3.8) is 0 Å². The van der Waals surface area contributed by atoms with E-state index in [9.17, 15) is 0 Å². The zero-order valence-electron chi connectivity index (χ0n) is 17.0. The SMILES string of the molecule is c1ccc2cc([Se](c3ccc4ccccc4c3)c3ccc4ccccc4c3)ccc2c1. The number of rotatable bonds is 3. The molecule has 0 atom stereocenters. The van der Waals surface area contributed by atoms with Gasteiger partial charge in [0.2, 0.25) is 0 Å². The second-order valence-corrected chi connectivity index (χ2v) is 12.1. The quantitative estimate of drug-likeness (QED) is 0.299. The van der Waals surface area contributed by atoms with Crippen LogP contribution in [0.15, 0.2) is 127 Å². The molecule has 1 radical (unpaired) electrons. The monoisotopic (exact) mass is 461 g/mol. The molecular weight excluding hydrogens is 439 g/mol. The summed E-state index contributed by atoms with van der Waals surface area (Å²) in [7, 11) is 0. The third-order valence-corrected chi connectivity index (χ3v) is 10.4. The van der Waals surface area contributed by atoms with E-state index in [2.05, 4.69) is 127 Å². The molecule has 6 aromatic carbocycles. The summed E-state index contributed by atoms with van der Waals surface area (Å²) < 4.78 is 4.35. The Morgan fingerprint density at radius 3 is 0.903 bits per heavy atom. The topological polar surface area (TPSA) is 0 Å². The van der Waals surface area contributed by atoms with E-state index in [4.69, 9.17) is 0 Å². The summed E-state index contributed by atoms with van der Waals surface area (Å²) in [4.78, 5) is 0. The molecule has 0 spiro atoms. The Morgan fingerprint density at radius 2 is 0.581 bits per heavy atom. The first-order chi connectivity index (χ1) is 15.3. The van der Waals surface area contributed by atoms with Gasteiger partial charge in [-0.3, -0.25) is 0 Å². The van der Waals surface area contributed by atoms with Gasteiger partial charge in [-0.2, -0.15) is 0 Å². The number of hydrogen-bond acceptors (Lipinski definition) is 0. The van der Waals surface area contributed by atoms with Gasteiger partial charge in [0.15, 0.2) is 0 Å². The third kappa shape index (κ3) is 3.43. The van der Waals surface area contributed by atoms with E-state index in [0.717, 1.165) is 0 Å². The molecule has 0 bridgehead atoms. The van der Waals surface area contributed by atoms with Gasteiger partial charge in [-0.25, -0.2) is 0 Å². The molecule has 0 fully saturated rings. The van der Waals surface area contributed by atoms with Gasteiger partial charge in [0.1, 0.15) is 0 Å². The second-order valence-electron chi connectivity index (χ2n) is 7.83. The molecule has 0 aromatic heterocycles. The molecule has 0 heterocycles. The van der Waals surface area contributed by atoms with Gasteiger partial charge in [0.05, 0.1) is 0 Å². The zero-order valence-corrected chi connectivity index (χ0v) is 18.7. The molecule has 31 heavy (non-hydrogen) atoms. The van der Waals surface area contributed by atoms with Gasteiger partial charge in [0, 0.05) is 0 Å². The Morgan fingerprint density at radius 1 is 0.290 bits per heavy atom. The minimum absolute atomic E-state index is 1.30. The molecule has 0 unspecified atom stereocenters.